The van der Waals surface area contributed by atoms with Gasteiger partial charge in [0.25, 0.3) is 0 Å². The Morgan fingerprint density at radius 3 is 2.41 bits per heavy atom. The van der Waals surface area contributed by atoms with Crippen molar-refractivity contribution in [2.75, 3.05) is 32.8 Å². The van der Waals surface area contributed by atoms with Crippen molar-refractivity contribution < 1.29 is 14.3 Å². The normalized spacial score (nSPS) is 10.4. The number of esters is 1. The van der Waals surface area contributed by atoms with Crippen molar-refractivity contribution in [2.45, 2.75) is 33.6 Å². The Kier molecular flexibility index (Phi) is 9.43. The predicted octanol–water partition coefficient (Wildman–Crippen LogP) is 0.788. The smallest absolute Gasteiger partial charge is 0.320 e. The van der Waals surface area contributed by atoms with Crippen LogP contribution in [0.25, 0.3) is 0 Å². The summed E-state index contributed by atoms with van der Waals surface area (Å²) in [6.45, 7) is 7.98. The summed E-state index contributed by atoms with van der Waals surface area (Å²) in [5.74, 6) is -0.319. The molecule has 0 aromatic heterocycles. The SMILES string of the molecule is CCCCOC(=O)CN(CC)CC(=O)NCC. The average Bonchev–Trinajstić information content (AvgIpc) is 2.28. The lowest BCUT2D eigenvalue weighted by atomic mass is 10.4. The molecule has 0 aromatic rings. The lowest BCUT2D eigenvalue weighted by molar-refractivity contribution is -0.145. The maximum absolute atomic E-state index is 11.4. The fourth-order valence-corrected chi connectivity index (χ4v) is 1.29. The highest BCUT2D eigenvalue weighted by Crippen LogP contribution is 1.93. The van der Waals surface area contributed by atoms with Gasteiger partial charge in [0.1, 0.15) is 0 Å². The van der Waals surface area contributed by atoms with Gasteiger partial charge in [-0.3, -0.25) is 14.5 Å². The first kappa shape index (κ1) is 15.9. The Hall–Kier alpha value is -1.10. The van der Waals surface area contributed by atoms with Gasteiger partial charge in [0, 0.05) is 6.54 Å². The third-order valence-corrected chi connectivity index (χ3v) is 2.30. The molecule has 5 heteroatoms. The van der Waals surface area contributed by atoms with Crippen LogP contribution in [0.4, 0.5) is 0 Å². The fourth-order valence-electron chi connectivity index (χ4n) is 1.29. The molecule has 0 atom stereocenters. The lowest BCUT2D eigenvalue weighted by Crippen LogP contribution is -2.40. The topological polar surface area (TPSA) is 58.6 Å². The lowest BCUT2D eigenvalue weighted by Gasteiger charge is -2.18. The number of unbranched alkanes of at least 4 members (excludes halogenated alkanes) is 1. The van der Waals surface area contributed by atoms with Gasteiger partial charge in [-0.1, -0.05) is 20.3 Å². The van der Waals surface area contributed by atoms with E-state index in [1.165, 1.54) is 0 Å². The van der Waals surface area contributed by atoms with Gasteiger partial charge in [-0.2, -0.15) is 0 Å². The van der Waals surface area contributed by atoms with Crippen LogP contribution in [0.2, 0.25) is 0 Å². The maximum atomic E-state index is 11.4. The zero-order valence-corrected chi connectivity index (χ0v) is 11.1. The molecular formula is C12H24N2O3. The standard InChI is InChI=1S/C12H24N2O3/c1-4-7-8-17-12(16)10-14(6-3)9-11(15)13-5-2/h4-10H2,1-3H3,(H,13,15). The van der Waals surface area contributed by atoms with Gasteiger partial charge in [0.2, 0.25) is 5.91 Å². The quantitative estimate of drug-likeness (QED) is 0.481. The van der Waals surface area contributed by atoms with Gasteiger partial charge in [-0.25, -0.2) is 0 Å². The largest absolute Gasteiger partial charge is 0.465 e. The zero-order valence-electron chi connectivity index (χ0n) is 11.1. The second kappa shape index (κ2) is 10.1. The fraction of sp³-hybridized carbons (Fsp3) is 0.833. The maximum Gasteiger partial charge on any atom is 0.320 e. The predicted molar refractivity (Wildman–Crippen MR) is 66.7 cm³/mol. The molecule has 0 fully saturated rings. The minimum absolute atomic E-state index is 0.0595. The van der Waals surface area contributed by atoms with E-state index < -0.39 is 0 Å². The van der Waals surface area contributed by atoms with Crippen LogP contribution in [0.15, 0.2) is 0 Å². The molecule has 0 saturated carbocycles. The summed E-state index contributed by atoms with van der Waals surface area (Å²) in [6.07, 6.45) is 1.89. The Morgan fingerprint density at radius 1 is 1.18 bits per heavy atom. The van der Waals surface area contributed by atoms with E-state index in [9.17, 15) is 9.59 Å². The number of carbonyl (C=O) groups excluding carboxylic acids is 2. The Bertz CT molecular complexity index is 232. The van der Waals surface area contributed by atoms with E-state index >= 15 is 0 Å². The molecule has 0 bridgehead atoms. The van der Waals surface area contributed by atoms with Crippen molar-refractivity contribution in [3.05, 3.63) is 0 Å². The summed E-state index contributed by atoms with van der Waals surface area (Å²) in [7, 11) is 0. The van der Waals surface area contributed by atoms with Crippen LogP contribution in [-0.2, 0) is 14.3 Å². The Labute approximate surface area is 103 Å². The third kappa shape index (κ3) is 8.68. The van der Waals surface area contributed by atoms with Crippen LogP contribution in [0.5, 0.6) is 0 Å². The summed E-state index contributed by atoms with van der Waals surface area (Å²) in [5.41, 5.74) is 0. The van der Waals surface area contributed by atoms with E-state index in [0.29, 0.717) is 19.7 Å². The van der Waals surface area contributed by atoms with Gasteiger partial charge >= 0.3 is 5.97 Å². The van der Waals surface area contributed by atoms with Crippen molar-refractivity contribution in [3.63, 3.8) is 0 Å². The van der Waals surface area contributed by atoms with Crippen LogP contribution in [0.3, 0.4) is 0 Å². The van der Waals surface area contributed by atoms with Crippen LogP contribution in [-0.4, -0.2) is 49.6 Å². The van der Waals surface area contributed by atoms with Gasteiger partial charge in [0.15, 0.2) is 0 Å². The molecule has 0 aliphatic rings. The van der Waals surface area contributed by atoms with Crippen molar-refractivity contribution in [3.8, 4) is 0 Å². The van der Waals surface area contributed by atoms with Gasteiger partial charge in [-0.05, 0) is 19.9 Å². The molecule has 0 aromatic carbocycles. The number of carbonyl (C=O) groups is 2. The van der Waals surface area contributed by atoms with Crippen LogP contribution >= 0.6 is 0 Å². The first-order valence-electron chi connectivity index (χ1n) is 6.28. The van der Waals surface area contributed by atoms with Gasteiger partial charge < -0.3 is 10.1 Å². The van der Waals surface area contributed by atoms with E-state index in [2.05, 4.69) is 5.32 Å². The second-order valence-corrected chi connectivity index (χ2v) is 3.83. The Morgan fingerprint density at radius 2 is 1.88 bits per heavy atom. The third-order valence-electron chi connectivity index (χ3n) is 2.30. The monoisotopic (exact) mass is 244 g/mol. The number of ether oxygens (including phenoxy) is 1. The minimum Gasteiger partial charge on any atom is -0.465 e. The molecule has 0 rings (SSSR count). The number of nitrogens with zero attached hydrogens (tertiary/aromatic N) is 1. The molecule has 5 nitrogen and oxygen atoms in total. The molecule has 0 aliphatic carbocycles. The minimum atomic E-state index is -0.260. The van der Waals surface area contributed by atoms with Crippen molar-refractivity contribution in [1.82, 2.24) is 10.2 Å². The summed E-state index contributed by atoms with van der Waals surface area (Å²) >= 11 is 0. The van der Waals surface area contributed by atoms with Crippen LogP contribution in [0, 0.1) is 0 Å². The molecule has 100 valence electrons. The van der Waals surface area contributed by atoms with Crippen molar-refractivity contribution in [2.24, 2.45) is 0 Å². The first-order chi connectivity index (χ1) is 8.13. The zero-order chi connectivity index (χ0) is 13.1. The second-order valence-electron chi connectivity index (χ2n) is 3.83. The molecule has 0 aliphatic heterocycles. The number of amides is 1. The molecule has 1 N–H and O–H groups in total. The van der Waals surface area contributed by atoms with Crippen LogP contribution in [0.1, 0.15) is 33.6 Å². The molecule has 17 heavy (non-hydrogen) atoms. The Balaban J connectivity index is 3.86. The highest BCUT2D eigenvalue weighted by atomic mass is 16.5. The number of nitrogens with one attached hydrogen (secondary N) is 1. The molecule has 0 spiro atoms. The summed E-state index contributed by atoms with van der Waals surface area (Å²) in [6, 6.07) is 0. The van der Waals surface area contributed by atoms with Gasteiger partial charge in [0.05, 0.1) is 19.7 Å². The highest BCUT2D eigenvalue weighted by Gasteiger charge is 2.13. The summed E-state index contributed by atoms with van der Waals surface area (Å²) in [4.78, 5) is 24.5. The van der Waals surface area contributed by atoms with E-state index in [1.807, 2.05) is 20.8 Å². The van der Waals surface area contributed by atoms with E-state index in [4.69, 9.17) is 4.74 Å². The van der Waals surface area contributed by atoms with Gasteiger partial charge in [-0.15, -0.1) is 0 Å². The van der Waals surface area contributed by atoms with Crippen molar-refractivity contribution >= 4 is 11.9 Å². The molecule has 1 amide bonds. The van der Waals surface area contributed by atoms with Crippen molar-refractivity contribution in [1.29, 1.82) is 0 Å². The summed E-state index contributed by atoms with van der Waals surface area (Å²) < 4.78 is 5.04. The first-order valence-corrected chi connectivity index (χ1v) is 6.28. The number of rotatable bonds is 9. The summed E-state index contributed by atoms with van der Waals surface area (Å²) in [5, 5.41) is 2.70. The average molecular weight is 244 g/mol. The van der Waals surface area contributed by atoms with E-state index in [1.54, 1.807) is 4.90 Å². The highest BCUT2D eigenvalue weighted by molar-refractivity contribution is 5.79. The molecular weight excluding hydrogens is 220 g/mol. The molecule has 0 heterocycles. The molecule has 0 radical (unpaired) electrons. The number of hydrogen-bond acceptors (Lipinski definition) is 4. The van der Waals surface area contributed by atoms with E-state index in [-0.39, 0.29) is 25.0 Å². The molecule has 0 unspecified atom stereocenters. The van der Waals surface area contributed by atoms with E-state index in [0.717, 1.165) is 12.8 Å². The number of likely N-dealkylation sites (N-methyl/N-ethyl adjacent to an activating group) is 2. The number of hydrogen-bond donors (Lipinski definition) is 1. The van der Waals surface area contributed by atoms with Crippen LogP contribution < -0.4 is 5.32 Å². The molecule has 0 saturated heterocycles.